The lowest BCUT2D eigenvalue weighted by atomic mass is 9.85. The van der Waals surface area contributed by atoms with Gasteiger partial charge in [0.2, 0.25) is 0 Å². The highest BCUT2D eigenvalue weighted by molar-refractivity contribution is 5.51. The third kappa shape index (κ3) is 3.99. The quantitative estimate of drug-likeness (QED) is 0.357. The van der Waals surface area contributed by atoms with Gasteiger partial charge in [-0.1, -0.05) is 35.9 Å². The Morgan fingerprint density at radius 1 is 0.812 bits per heavy atom. The molecule has 0 atom stereocenters. The van der Waals surface area contributed by atoms with Crippen LogP contribution < -0.4 is 20.6 Å². The van der Waals surface area contributed by atoms with E-state index < -0.39 is 5.92 Å². The molecule has 0 bridgehead atoms. The standard InChI is InChI=1S/C24H26N4O4/c1-13-6-5-7-16(10-13)12-32-18-9-8-17(11-19(18)31-4)22(20-14(2)25-27-23(20)29)21-15(3)26-28-24(21)30/h5-11,22H,12H2,1-4H3,(H2,25,27,29)(H2,26,28,30). The van der Waals surface area contributed by atoms with Crippen molar-refractivity contribution in [3.05, 3.63) is 102 Å². The zero-order valence-electron chi connectivity index (χ0n) is 18.5. The minimum Gasteiger partial charge on any atom is -0.493 e. The van der Waals surface area contributed by atoms with E-state index in [9.17, 15) is 9.59 Å². The van der Waals surface area contributed by atoms with Gasteiger partial charge in [0.25, 0.3) is 11.1 Å². The Bertz CT molecular complexity index is 1300. The summed E-state index contributed by atoms with van der Waals surface area (Å²) in [5.74, 6) is 0.519. The van der Waals surface area contributed by atoms with E-state index >= 15 is 0 Å². The van der Waals surface area contributed by atoms with Crippen LogP contribution in [0.25, 0.3) is 0 Å². The largest absolute Gasteiger partial charge is 0.493 e. The van der Waals surface area contributed by atoms with Crippen molar-refractivity contribution in [2.75, 3.05) is 7.11 Å². The smallest absolute Gasteiger partial charge is 0.268 e. The Morgan fingerprint density at radius 3 is 2.00 bits per heavy atom. The van der Waals surface area contributed by atoms with Gasteiger partial charge in [-0.05, 0) is 44.0 Å². The number of hydrogen-bond donors (Lipinski definition) is 4. The summed E-state index contributed by atoms with van der Waals surface area (Å²) in [5.41, 5.74) is 4.71. The molecule has 4 N–H and O–H groups in total. The first-order valence-electron chi connectivity index (χ1n) is 10.3. The molecule has 32 heavy (non-hydrogen) atoms. The summed E-state index contributed by atoms with van der Waals surface area (Å²) in [6.07, 6.45) is 0. The fraction of sp³-hybridized carbons (Fsp3) is 0.250. The summed E-state index contributed by atoms with van der Waals surface area (Å²) in [6, 6.07) is 13.6. The highest BCUT2D eigenvalue weighted by Gasteiger charge is 2.28. The molecule has 2 heterocycles. The van der Waals surface area contributed by atoms with Gasteiger partial charge in [-0.3, -0.25) is 19.8 Å². The third-order valence-corrected chi connectivity index (χ3v) is 5.60. The Kier molecular flexibility index (Phi) is 5.77. The van der Waals surface area contributed by atoms with Crippen molar-refractivity contribution in [1.82, 2.24) is 20.4 Å². The van der Waals surface area contributed by atoms with E-state index in [4.69, 9.17) is 9.47 Å². The van der Waals surface area contributed by atoms with Gasteiger partial charge in [0.15, 0.2) is 11.5 Å². The number of hydrogen-bond acceptors (Lipinski definition) is 4. The molecule has 0 saturated heterocycles. The Labute approximate surface area is 184 Å². The van der Waals surface area contributed by atoms with Crippen molar-refractivity contribution in [1.29, 1.82) is 0 Å². The molecule has 8 nitrogen and oxygen atoms in total. The first-order valence-corrected chi connectivity index (χ1v) is 10.3. The molecule has 0 fully saturated rings. The van der Waals surface area contributed by atoms with E-state index in [-0.39, 0.29) is 11.1 Å². The van der Waals surface area contributed by atoms with Crippen LogP contribution in [-0.2, 0) is 6.61 Å². The van der Waals surface area contributed by atoms with Gasteiger partial charge in [-0.25, -0.2) is 0 Å². The van der Waals surface area contributed by atoms with Gasteiger partial charge < -0.3 is 19.7 Å². The lowest BCUT2D eigenvalue weighted by Crippen LogP contribution is -2.20. The molecule has 4 aromatic rings. The second-order valence-corrected chi connectivity index (χ2v) is 7.86. The molecule has 0 spiro atoms. The Morgan fingerprint density at radius 2 is 1.47 bits per heavy atom. The highest BCUT2D eigenvalue weighted by atomic mass is 16.5. The summed E-state index contributed by atoms with van der Waals surface area (Å²) in [5, 5.41) is 10.9. The zero-order valence-corrected chi connectivity index (χ0v) is 18.5. The third-order valence-electron chi connectivity index (χ3n) is 5.60. The van der Waals surface area contributed by atoms with Crippen LogP contribution in [0.15, 0.2) is 52.1 Å². The fourth-order valence-electron chi connectivity index (χ4n) is 4.03. The molecule has 0 aliphatic rings. The van der Waals surface area contributed by atoms with E-state index in [2.05, 4.69) is 26.5 Å². The number of aryl methyl sites for hydroxylation is 3. The molecule has 0 aliphatic heterocycles. The lowest BCUT2D eigenvalue weighted by Gasteiger charge is -2.18. The summed E-state index contributed by atoms with van der Waals surface area (Å²) in [7, 11) is 1.57. The molecule has 2 aromatic heterocycles. The minimum absolute atomic E-state index is 0.272. The predicted octanol–water partition coefficient (Wildman–Crippen LogP) is 3.41. The van der Waals surface area contributed by atoms with Crippen LogP contribution in [0.1, 0.15) is 45.1 Å². The topological polar surface area (TPSA) is 116 Å². The number of aromatic nitrogens is 4. The molecule has 2 aromatic carbocycles. The van der Waals surface area contributed by atoms with E-state index in [1.807, 2.05) is 43.3 Å². The van der Waals surface area contributed by atoms with Gasteiger partial charge in [0.05, 0.1) is 18.2 Å². The minimum atomic E-state index is -0.584. The Hall–Kier alpha value is -3.94. The van der Waals surface area contributed by atoms with E-state index in [0.29, 0.717) is 40.6 Å². The van der Waals surface area contributed by atoms with Crippen LogP contribution in [0, 0.1) is 20.8 Å². The average molecular weight is 434 g/mol. The number of nitrogens with one attached hydrogen (secondary N) is 4. The molecule has 0 saturated carbocycles. The maximum absolute atomic E-state index is 12.6. The molecule has 166 valence electrons. The maximum atomic E-state index is 12.6. The zero-order chi connectivity index (χ0) is 22.8. The number of benzene rings is 2. The number of rotatable bonds is 7. The van der Waals surface area contributed by atoms with Crippen molar-refractivity contribution >= 4 is 0 Å². The van der Waals surface area contributed by atoms with E-state index in [0.717, 1.165) is 16.7 Å². The van der Waals surface area contributed by atoms with Crippen LogP contribution in [0.4, 0.5) is 0 Å². The average Bonchev–Trinajstić information content (AvgIpc) is 3.29. The SMILES string of the molecule is COc1cc(C(c2c(C)[nH][nH]c2=O)c2c(C)[nH][nH]c2=O)ccc1OCc1cccc(C)c1. The van der Waals surface area contributed by atoms with Gasteiger partial charge in [0.1, 0.15) is 6.61 Å². The first kappa shape index (κ1) is 21.3. The van der Waals surface area contributed by atoms with E-state index in [1.165, 1.54) is 0 Å². The fourth-order valence-corrected chi connectivity index (χ4v) is 4.03. The Balaban J connectivity index is 1.75. The summed E-state index contributed by atoms with van der Waals surface area (Å²) in [4.78, 5) is 25.2. The molecular formula is C24H26N4O4. The van der Waals surface area contributed by atoms with Gasteiger partial charge >= 0.3 is 0 Å². The van der Waals surface area contributed by atoms with Crippen molar-refractivity contribution in [2.45, 2.75) is 33.3 Å². The number of aromatic amines is 4. The van der Waals surface area contributed by atoms with Crippen LogP contribution in [-0.4, -0.2) is 27.5 Å². The predicted molar refractivity (Wildman–Crippen MR) is 122 cm³/mol. The number of ether oxygens (including phenoxy) is 2. The summed E-state index contributed by atoms with van der Waals surface area (Å²) >= 11 is 0. The molecule has 0 amide bonds. The molecule has 0 aliphatic carbocycles. The van der Waals surface area contributed by atoms with Crippen LogP contribution >= 0.6 is 0 Å². The second-order valence-electron chi connectivity index (χ2n) is 7.86. The van der Waals surface area contributed by atoms with Gasteiger partial charge in [-0.15, -0.1) is 0 Å². The van der Waals surface area contributed by atoms with Crippen LogP contribution in [0.5, 0.6) is 11.5 Å². The molecular weight excluding hydrogens is 408 g/mol. The summed E-state index contributed by atoms with van der Waals surface area (Å²) < 4.78 is 11.6. The van der Waals surface area contributed by atoms with Crippen LogP contribution in [0.2, 0.25) is 0 Å². The molecule has 4 rings (SSSR count). The molecule has 0 radical (unpaired) electrons. The number of H-pyrrole nitrogens is 4. The van der Waals surface area contributed by atoms with Crippen molar-refractivity contribution in [2.24, 2.45) is 0 Å². The number of methoxy groups -OCH3 is 1. The van der Waals surface area contributed by atoms with Crippen molar-refractivity contribution < 1.29 is 9.47 Å². The normalized spacial score (nSPS) is 11.2. The first-order chi connectivity index (χ1) is 15.4. The van der Waals surface area contributed by atoms with Gasteiger partial charge in [0, 0.05) is 17.3 Å². The van der Waals surface area contributed by atoms with E-state index in [1.54, 1.807) is 21.0 Å². The molecule has 8 heteroatoms. The second kappa shape index (κ2) is 8.66. The van der Waals surface area contributed by atoms with Gasteiger partial charge in [-0.2, -0.15) is 0 Å². The maximum Gasteiger partial charge on any atom is 0.268 e. The lowest BCUT2D eigenvalue weighted by molar-refractivity contribution is 0.284. The highest BCUT2D eigenvalue weighted by Crippen LogP contribution is 2.36. The molecule has 0 unspecified atom stereocenters. The monoisotopic (exact) mass is 434 g/mol. The van der Waals surface area contributed by atoms with Crippen molar-refractivity contribution in [3.8, 4) is 11.5 Å². The van der Waals surface area contributed by atoms with Crippen molar-refractivity contribution in [3.63, 3.8) is 0 Å². The van der Waals surface area contributed by atoms with Crippen LogP contribution in [0.3, 0.4) is 0 Å². The summed E-state index contributed by atoms with van der Waals surface area (Å²) in [6.45, 7) is 6.03.